The zero-order valence-electron chi connectivity index (χ0n) is 18.6. The summed E-state index contributed by atoms with van der Waals surface area (Å²) < 4.78 is 17.9. The van der Waals surface area contributed by atoms with E-state index in [1.807, 2.05) is 31.2 Å². The Balaban J connectivity index is 1.81. The van der Waals surface area contributed by atoms with Crippen LogP contribution in [0.15, 0.2) is 61.2 Å². The maximum atomic E-state index is 13.4. The van der Waals surface area contributed by atoms with Crippen LogP contribution in [0.4, 0.5) is 0 Å². The van der Waals surface area contributed by atoms with Gasteiger partial charge < -0.3 is 14.2 Å². The number of para-hydroxylation sites is 1. The molecule has 0 amide bonds. The Morgan fingerprint density at radius 1 is 1.03 bits per heavy atom. The van der Waals surface area contributed by atoms with Crippen LogP contribution in [0.5, 0.6) is 5.75 Å². The Kier molecular flexibility index (Phi) is 8.22. The lowest BCUT2D eigenvalue weighted by Crippen LogP contribution is -2.15. The summed E-state index contributed by atoms with van der Waals surface area (Å²) >= 11 is 0. The Bertz CT molecular complexity index is 1080. The van der Waals surface area contributed by atoms with Gasteiger partial charge in [0.05, 0.1) is 18.5 Å². The van der Waals surface area contributed by atoms with Crippen LogP contribution in [0.3, 0.4) is 0 Å². The summed E-state index contributed by atoms with van der Waals surface area (Å²) in [6.45, 7) is 9.34. The number of rotatable bonds is 11. The number of carbonyl (C=O) groups is 2. The number of benzene rings is 2. The zero-order valence-corrected chi connectivity index (χ0v) is 18.6. The normalized spacial score (nSPS) is 10.8. The van der Waals surface area contributed by atoms with Crippen LogP contribution in [-0.4, -0.2) is 42.9 Å². The van der Waals surface area contributed by atoms with Gasteiger partial charge in [-0.3, -0.25) is 14.2 Å². The van der Waals surface area contributed by atoms with E-state index in [4.69, 9.17) is 14.2 Å². The number of carbonyl (C=O) groups excluding carboxylic acids is 2. The van der Waals surface area contributed by atoms with E-state index in [-0.39, 0.29) is 24.9 Å². The molecule has 1 heterocycles. The molecule has 0 atom stereocenters. The number of nitrogens with zero attached hydrogens (tertiary/aromatic N) is 1. The van der Waals surface area contributed by atoms with Gasteiger partial charge in [0.1, 0.15) is 19.0 Å². The lowest BCUT2D eigenvalue weighted by molar-refractivity contribution is -0.141. The molecule has 0 aliphatic carbocycles. The lowest BCUT2D eigenvalue weighted by Gasteiger charge is -2.10. The molecule has 0 unspecified atom stereocenters. The molecule has 0 aliphatic heterocycles. The van der Waals surface area contributed by atoms with Gasteiger partial charge in [-0.15, -0.1) is 0 Å². The Morgan fingerprint density at radius 3 is 2.50 bits per heavy atom. The molecule has 3 aromatic rings. The first-order valence-electron chi connectivity index (χ1n) is 10.8. The van der Waals surface area contributed by atoms with Crippen molar-refractivity contribution in [1.82, 2.24) is 4.57 Å². The molecule has 168 valence electrons. The summed E-state index contributed by atoms with van der Waals surface area (Å²) in [7, 11) is 0. The van der Waals surface area contributed by atoms with Crippen LogP contribution in [0, 0.1) is 6.92 Å². The second kappa shape index (κ2) is 11.3. The van der Waals surface area contributed by atoms with E-state index in [1.54, 1.807) is 28.8 Å². The van der Waals surface area contributed by atoms with E-state index in [1.165, 1.54) is 6.08 Å². The third-order valence-electron chi connectivity index (χ3n) is 5.07. The molecule has 0 spiro atoms. The van der Waals surface area contributed by atoms with Gasteiger partial charge in [-0.2, -0.15) is 0 Å². The Hall–Kier alpha value is -3.38. The van der Waals surface area contributed by atoms with Gasteiger partial charge in [-0.05, 0) is 49.2 Å². The summed E-state index contributed by atoms with van der Waals surface area (Å²) in [5.41, 5.74) is 2.80. The first kappa shape index (κ1) is 23.3. The van der Waals surface area contributed by atoms with Crippen molar-refractivity contribution in [3.8, 4) is 5.75 Å². The molecule has 0 saturated carbocycles. The Labute approximate surface area is 188 Å². The van der Waals surface area contributed by atoms with Crippen LogP contribution >= 0.6 is 0 Å². The van der Waals surface area contributed by atoms with Crippen molar-refractivity contribution in [2.45, 2.75) is 26.7 Å². The zero-order chi connectivity index (χ0) is 22.9. The molecule has 6 heteroatoms. The standard InChI is InChI=1S/C26H29NO5/c1-4-14-30-16-17-31-21-12-10-20(11-13-21)26(29)27-19(3)23(18-25(28)32-15-5-2)22-8-6-7-9-24(22)27/h5-13H,2,4,14-18H2,1,3H3. The average molecular weight is 436 g/mol. The van der Waals surface area contributed by atoms with Crippen molar-refractivity contribution in [2.75, 3.05) is 26.4 Å². The topological polar surface area (TPSA) is 66.8 Å². The van der Waals surface area contributed by atoms with Gasteiger partial charge in [0.2, 0.25) is 0 Å². The van der Waals surface area contributed by atoms with Gasteiger partial charge in [0.25, 0.3) is 5.91 Å². The predicted octanol–water partition coefficient (Wildman–Crippen LogP) is 4.72. The van der Waals surface area contributed by atoms with Crippen molar-refractivity contribution in [3.05, 3.63) is 78.0 Å². The first-order chi connectivity index (χ1) is 15.6. The van der Waals surface area contributed by atoms with E-state index in [0.29, 0.717) is 24.5 Å². The van der Waals surface area contributed by atoms with Gasteiger partial charge in [0, 0.05) is 23.3 Å². The summed E-state index contributed by atoms with van der Waals surface area (Å²) in [4.78, 5) is 25.6. The van der Waals surface area contributed by atoms with E-state index in [0.717, 1.165) is 35.2 Å². The van der Waals surface area contributed by atoms with Crippen LogP contribution in [-0.2, 0) is 20.7 Å². The molecule has 0 bridgehead atoms. The monoisotopic (exact) mass is 435 g/mol. The van der Waals surface area contributed by atoms with Gasteiger partial charge in [0.15, 0.2) is 0 Å². The van der Waals surface area contributed by atoms with Crippen molar-refractivity contribution in [3.63, 3.8) is 0 Å². The number of aromatic nitrogens is 1. The lowest BCUT2D eigenvalue weighted by atomic mass is 10.1. The molecule has 0 saturated heterocycles. The third-order valence-corrected chi connectivity index (χ3v) is 5.07. The van der Waals surface area contributed by atoms with Gasteiger partial charge >= 0.3 is 5.97 Å². The minimum atomic E-state index is -0.354. The molecule has 6 nitrogen and oxygen atoms in total. The highest BCUT2D eigenvalue weighted by Gasteiger charge is 2.21. The number of hydrogen-bond acceptors (Lipinski definition) is 5. The second-order valence-corrected chi connectivity index (χ2v) is 7.36. The summed E-state index contributed by atoms with van der Waals surface area (Å²) in [6, 6.07) is 14.6. The molecule has 2 aromatic carbocycles. The van der Waals surface area contributed by atoms with Crippen molar-refractivity contribution < 1.29 is 23.8 Å². The minimum absolute atomic E-state index is 0.0906. The maximum Gasteiger partial charge on any atom is 0.310 e. The molecular formula is C26H29NO5. The summed E-state index contributed by atoms with van der Waals surface area (Å²) in [6.07, 6.45) is 2.60. The first-order valence-corrected chi connectivity index (χ1v) is 10.8. The fraction of sp³-hybridized carbons (Fsp3) is 0.308. The van der Waals surface area contributed by atoms with Crippen LogP contribution in [0.25, 0.3) is 10.9 Å². The largest absolute Gasteiger partial charge is 0.491 e. The third kappa shape index (κ3) is 5.45. The molecular weight excluding hydrogens is 406 g/mol. The molecule has 32 heavy (non-hydrogen) atoms. The fourth-order valence-electron chi connectivity index (χ4n) is 3.55. The SMILES string of the molecule is C=CCOC(=O)Cc1c(C)n(C(=O)c2ccc(OCCOCCC)cc2)c2ccccc12. The number of esters is 1. The average Bonchev–Trinajstić information content (AvgIpc) is 3.08. The number of hydrogen-bond donors (Lipinski definition) is 0. The highest BCUT2D eigenvalue weighted by molar-refractivity contribution is 6.04. The molecule has 0 radical (unpaired) electrons. The molecule has 3 rings (SSSR count). The highest BCUT2D eigenvalue weighted by atomic mass is 16.5. The van der Waals surface area contributed by atoms with E-state index < -0.39 is 0 Å². The number of ether oxygens (including phenoxy) is 3. The molecule has 0 fully saturated rings. The van der Waals surface area contributed by atoms with Crippen molar-refractivity contribution in [2.24, 2.45) is 0 Å². The smallest absolute Gasteiger partial charge is 0.310 e. The minimum Gasteiger partial charge on any atom is -0.491 e. The van der Waals surface area contributed by atoms with Crippen molar-refractivity contribution >= 4 is 22.8 Å². The van der Waals surface area contributed by atoms with Crippen LogP contribution in [0.2, 0.25) is 0 Å². The molecule has 1 aromatic heterocycles. The fourth-order valence-corrected chi connectivity index (χ4v) is 3.55. The maximum absolute atomic E-state index is 13.4. The van der Waals surface area contributed by atoms with Crippen LogP contribution in [0.1, 0.15) is 35.0 Å². The molecule has 0 N–H and O–H groups in total. The Morgan fingerprint density at radius 2 is 1.78 bits per heavy atom. The molecule has 0 aliphatic rings. The quantitative estimate of drug-likeness (QED) is 0.248. The van der Waals surface area contributed by atoms with E-state index in [9.17, 15) is 9.59 Å². The van der Waals surface area contributed by atoms with Crippen molar-refractivity contribution in [1.29, 1.82) is 0 Å². The van der Waals surface area contributed by atoms with E-state index in [2.05, 4.69) is 13.5 Å². The summed E-state index contributed by atoms with van der Waals surface area (Å²) in [5, 5.41) is 0.862. The highest BCUT2D eigenvalue weighted by Crippen LogP contribution is 2.28. The predicted molar refractivity (Wildman–Crippen MR) is 124 cm³/mol. The number of fused-ring (bicyclic) bond motifs is 1. The van der Waals surface area contributed by atoms with Crippen LogP contribution < -0.4 is 4.74 Å². The van der Waals surface area contributed by atoms with E-state index >= 15 is 0 Å². The van der Waals surface area contributed by atoms with Gasteiger partial charge in [-0.1, -0.05) is 37.8 Å². The summed E-state index contributed by atoms with van der Waals surface area (Å²) in [5.74, 6) is 0.163. The second-order valence-electron chi connectivity index (χ2n) is 7.36. The van der Waals surface area contributed by atoms with Gasteiger partial charge in [-0.25, -0.2) is 0 Å².